The van der Waals surface area contributed by atoms with E-state index in [2.05, 4.69) is 46.4 Å². The SMILES string of the molecule is CCn1c(C)c(/C=N\NC(=O)CNc2ccc3c(c2)OCO3)c2ccccc21. The number of ether oxygens (including phenoxy) is 2. The number of fused-ring (bicyclic) bond motifs is 2. The first-order valence-electron chi connectivity index (χ1n) is 9.20. The van der Waals surface area contributed by atoms with Gasteiger partial charge in [0.15, 0.2) is 11.5 Å². The Balaban J connectivity index is 1.39. The summed E-state index contributed by atoms with van der Waals surface area (Å²) in [6, 6.07) is 13.7. The van der Waals surface area contributed by atoms with E-state index in [0.717, 1.165) is 28.9 Å². The number of hydrazone groups is 1. The number of benzene rings is 2. The summed E-state index contributed by atoms with van der Waals surface area (Å²) < 4.78 is 12.8. The van der Waals surface area contributed by atoms with Crippen LogP contribution in [0.15, 0.2) is 47.6 Å². The molecule has 0 unspecified atom stereocenters. The van der Waals surface area contributed by atoms with Crippen molar-refractivity contribution in [3.8, 4) is 11.5 Å². The Labute approximate surface area is 162 Å². The molecule has 0 saturated carbocycles. The third kappa shape index (κ3) is 3.38. The van der Waals surface area contributed by atoms with Gasteiger partial charge < -0.3 is 19.4 Å². The number of nitrogens with one attached hydrogen (secondary N) is 2. The Morgan fingerprint density at radius 2 is 2.04 bits per heavy atom. The summed E-state index contributed by atoms with van der Waals surface area (Å²) in [5.74, 6) is 1.15. The van der Waals surface area contributed by atoms with Crippen molar-refractivity contribution in [1.29, 1.82) is 0 Å². The standard InChI is InChI=1S/C21H22N4O3/c1-3-25-14(2)17(16-6-4-5-7-18(16)25)11-23-24-21(26)12-22-15-8-9-19-20(10-15)28-13-27-19/h4-11,22H,3,12-13H2,1-2H3,(H,24,26)/b23-11-. The van der Waals surface area contributed by atoms with Crippen molar-refractivity contribution in [3.05, 3.63) is 53.7 Å². The van der Waals surface area contributed by atoms with E-state index in [4.69, 9.17) is 9.47 Å². The maximum absolute atomic E-state index is 12.1. The summed E-state index contributed by atoms with van der Waals surface area (Å²) in [7, 11) is 0. The summed E-state index contributed by atoms with van der Waals surface area (Å²) in [6.45, 7) is 5.39. The smallest absolute Gasteiger partial charge is 0.259 e. The van der Waals surface area contributed by atoms with E-state index in [1.807, 2.05) is 30.3 Å². The number of aryl methyl sites for hydroxylation is 1. The Hall–Kier alpha value is -3.48. The van der Waals surface area contributed by atoms with Crippen LogP contribution in [0.5, 0.6) is 11.5 Å². The molecule has 28 heavy (non-hydrogen) atoms. The van der Waals surface area contributed by atoms with Gasteiger partial charge in [-0.15, -0.1) is 0 Å². The highest BCUT2D eigenvalue weighted by Crippen LogP contribution is 2.34. The van der Waals surface area contributed by atoms with E-state index in [1.54, 1.807) is 6.21 Å². The minimum atomic E-state index is -0.231. The average Bonchev–Trinajstić information content (AvgIpc) is 3.28. The molecular weight excluding hydrogens is 356 g/mol. The number of amides is 1. The van der Waals surface area contributed by atoms with E-state index >= 15 is 0 Å². The zero-order chi connectivity index (χ0) is 19.5. The van der Waals surface area contributed by atoms with Gasteiger partial charge in [0.05, 0.1) is 12.8 Å². The predicted octanol–water partition coefficient (Wildman–Crippen LogP) is 3.26. The van der Waals surface area contributed by atoms with Crippen LogP contribution in [0.3, 0.4) is 0 Å². The molecule has 2 N–H and O–H groups in total. The van der Waals surface area contributed by atoms with Crippen molar-refractivity contribution in [1.82, 2.24) is 9.99 Å². The molecule has 0 radical (unpaired) electrons. The van der Waals surface area contributed by atoms with Gasteiger partial charge in [0.1, 0.15) is 0 Å². The summed E-state index contributed by atoms with van der Waals surface area (Å²) >= 11 is 0. The van der Waals surface area contributed by atoms with Crippen LogP contribution in [-0.2, 0) is 11.3 Å². The highest BCUT2D eigenvalue weighted by atomic mass is 16.7. The first-order chi connectivity index (χ1) is 13.7. The zero-order valence-corrected chi connectivity index (χ0v) is 15.9. The Kier molecular flexibility index (Phi) is 4.89. The van der Waals surface area contributed by atoms with E-state index in [-0.39, 0.29) is 19.2 Å². The van der Waals surface area contributed by atoms with E-state index in [0.29, 0.717) is 11.5 Å². The molecule has 0 spiro atoms. The first-order valence-corrected chi connectivity index (χ1v) is 9.20. The van der Waals surface area contributed by atoms with Gasteiger partial charge in [-0.1, -0.05) is 18.2 Å². The third-order valence-corrected chi connectivity index (χ3v) is 4.80. The second-order valence-corrected chi connectivity index (χ2v) is 6.48. The summed E-state index contributed by atoms with van der Waals surface area (Å²) in [4.78, 5) is 12.1. The minimum absolute atomic E-state index is 0.104. The van der Waals surface area contributed by atoms with E-state index in [1.165, 1.54) is 5.52 Å². The molecule has 0 fully saturated rings. The number of carbonyl (C=O) groups is 1. The lowest BCUT2D eigenvalue weighted by Crippen LogP contribution is -2.25. The van der Waals surface area contributed by atoms with Crippen LogP contribution in [0.25, 0.3) is 10.9 Å². The van der Waals surface area contributed by atoms with Gasteiger partial charge in [-0.3, -0.25) is 4.79 Å². The van der Waals surface area contributed by atoms with Crippen LogP contribution in [-0.4, -0.2) is 30.0 Å². The maximum atomic E-state index is 12.1. The van der Waals surface area contributed by atoms with Gasteiger partial charge in [0, 0.05) is 40.5 Å². The number of aromatic nitrogens is 1. The molecule has 1 aliphatic rings. The van der Waals surface area contributed by atoms with Crippen LogP contribution in [0.4, 0.5) is 5.69 Å². The first kappa shape index (κ1) is 17.9. The van der Waals surface area contributed by atoms with Crippen molar-refractivity contribution < 1.29 is 14.3 Å². The molecular formula is C21H22N4O3. The number of rotatable bonds is 6. The fourth-order valence-corrected chi connectivity index (χ4v) is 3.43. The summed E-state index contributed by atoms with van der Waals surface area (Å²) in [5, 5.41) is 8.32. The molecule has 0 saturated heterocycles. The Morgan fingerprint density at radius 1 is 1.21 bits per heavy atom. The normalized spacial score (nSPS) is 12.6. The average molecular weight is 378 g/mol. The molecule has 7 nitrogen and oxygen atoms in total. The molecule has 3 aromatic rings. The highest BCUT2D eigenvalue weighted by Gasteiger charge is 2.13. The molecule has 2 heterocycles. The zero-order valence-electron chi connectivity index (χ0n) is 15.9. The second kappa shape index (κ2) is 7.64. The number of hydrogen-bond donors (Lipinski definition) is 2. The molecule has 4 rings (SSSR count). The van der Waals surface area contributed by atoms with Gasteiger partial charge in [0.25, 0.3) is 5.91 Å². The van der Waals surface area contributed by atoms with Gasteiger partial charge in [-0.05, 0) is 32.0 Å². The molecule has 1 aromatic heterocycles. The van der Waals surface area contributed by atoms with Gasteiger partial charge >= 0.3 is 0 Å². The van der Waals surface area contributed by atoms with Gasteiger partial charge in [-0.2, -0.15) is 5.10 Å². The molecule has 0 aliphatic carbocycles. The number of nitrogens with zero attached hydrogens (tertiary/aromatic N) is 2. The quantitative estimate of drug-likeness (QED) is 0.510. The fourth-order valence-electron chi connectivity index (χ4n) is 3.43. The lowest BCUT2D eigenvalue weighted by molar-refractivity contribution is -0.119. The second-order valence-electron chi connectivity index (χ2n) is 6.48. The predicted molar refractivity (Wildman–Crippen MR) is 109 cm³/mol. The summed E-state index contributed by atoms with van der Waals surface area (Å²) in [5.41, 5.74) is 6.67. The summed E-state index contributed by atoms with van der Waals surface area (Å²) in [6.07, 6.45) is 1.71. The van der Waals surface area contributed by atoms with Crippen LogP contribution in [0, 0.1) is 6.92 Å². The van der Waals surface area contributed by atoms with Crippen molar-refractivity contribution in [2.24, 2.45) is 5.10 Å². The molecule has 7 heteroatoms. The molecule has 0 bridgehead atoms. The number of carbonyl (C=O) groups excluding carboxylic acids is 1. The molecule has 2 aromatic carbocycles. The Bertz CT molecular complexity index is 1060. The van der Waals surface area contributed by atoms with E-state index in [9.17, 15) is 4.79 Å². The molecule has 0 atom stereocenters. The van der Waals surface area contributed by atoms with Gasteiger partial charge in [-0.25, -0.2) is 5.43 Å². The lowest BCUT2D eigenvalue weighted by Gasteiger charge is -2.06. The van der Waals surface area contributed by atoms with Crippen LogP contribution in [0.1, 0.15) is 18.2 Å². The van der Waals surface area contributed by atoms with Crippen molar-refractivity contribution in [2.45, 2.75) is 20.4 Å². The minimum Gasteiger partial charge on any atom is -0.454 e. The van der Waals surface area contributed by atoms with Crippen LogP contribution in [0.2, 0.25) is 0 Å². The van der Waals surface area contributed by atoms with Crippen LogP contribution >= 0.6 is 0 Å². The molecule has 1 amide bonds. The topological polar surface area (TPSA) is 76.9 Å². The molecule has 144 valence electrons. The Morgan fingerprint density at radius 3 is 2.89 bits per heavy atom. The van der Waals surface area contributed by atoms with Crippen molar-refractivity contribution in [3.63, 3.8) is 0 Å². The number of para-hydroxylation sites is 1. The third-order valence-electron chi connectivity index (χ3n) is 4.80. The maximum Gasteiger partial charge on any atom is 0.259 e. The fraction of sp³-hybridized carbons (Fsp3) is 0.238. The lowest BCUT2D eigenvalue weighted by atomic mass is 10.1. The molecule has 1 aliphatic heterocycles. The number of hydrogen-bond acceptors (Lipinski definition) is 5. The van der Waals surface area contributed by atoms with Crippen molar-refractivity contribution >= 4 is 28.7 Å². The monoisotopic (exact) mass is 378 g/mol. The van der Waals surface area contributed by atoms with E-state index < -0.39 is 0 Å². The number of anilines is 1. The van der Waals surface area contributed by atoms with Crippen LogP contribution < -0.4 is 20.2 Å². The largest absolute Gasteiger partial charge is 0.454 e. The van der Waals surface area contributed by atoms with Gasteiger partial charge in [0.2, 0.25) is 6.79 Å². The van der Waals surface area contributed by atoms with Crippen molar-refractivity contribution in [2.75, 3.05) is 18.7 Å². The highest BCUT2D eigenvalue weighted by molar-refractivity contribution is 6.01.